The standard InChI is InChI=1S/C24H18ClN3O3S/c25-19-13-16(11-12-20(19)31-15-22(29)26-17-7-3-1-4-8-17)14-21-23(30)28-24(32-21)27-18-9-5-2-6-10-18/h1-14H,15H2,(H,26,29)(H,27,28,30)/b21-14-. The van der Waals surface area contributed by atoms with Gasteiger partial charge in [-0.05, 0) is 59.8 Å². The van der Waals surface area contributed by atoms with Gasteiger partial charge in [-0.1, -0.05) is 54.1 Å². The van der Waals surface area contributed by atoms with Gasteiger partial charge in [-0.2, -0.15) is 0 Å². The summed E-state index contributed by atoms with van der Waals surface area (Å²) in [5.74, 6) is -0.131. The van der Waals surface area contributed by atoms with Crippen molar-refractivity contribution in [2.45, 2.75) is 0 Å². The van der Waals surface area contributed by atoms with Crippen molar-refractivity contribution >= 4 is 57.8 Å². The molecule has 0 saturated carbocycles. The number of thioether (sulfide) groups is 1. The molecular weight excluding hydrogens is 446 g/mol. The zero-order chi connectivity index (χ0) is 22.3. The fraction of sp³-hybridized carbons (Fsp3) is 0.0417. The quantitative estimate of drug-likeness (QED) is 0.489. The third-order valence-electron chi connectivity index (χ3n) is 4.31. The summed E-state index contributed by atoms with van der Waals surface area (Å²) in [6.07, 6.45) is 1.73. The van der Waals surface area contributed by atoms with Gasteiger partial charge >= 0.3 is 0 Å². The molecule has 3 aromatic rings. The van der Waals surface area contributed by atoms with E-state index in [2.05, 4.69) is 15.6 Å². The molecule has 0 spiro atoms. The zero-order valence-corrected chi connectivity index (χ0v) is 18.3. The van der Waals surface area contributed by atoms with Gasteiger partial charge in [0, 0.05) is 5.69 Å². The molecule has 0 atom stereocenters. The number of para-hydroxylation sites is 2. The molecule has 160 valence electrons. The van der Waals surface area contributed by atoms with E-state index in [9.17, 15) is 9.59 Å². The number of amidine groups is 1. The largest absolute Gasteiger partial charge is 0.482 e. The van der Waals surface area contributed by atoms with Crippen LogP contribution in [0.15, 0.2) is 88.8 Å². The Morgan fingerprint density at radius 1 is 1.06 bits per heavy atom. The normalized spacial score (nSPS) is 15.6. The molecule has 0 aromatic heterocycles. The van der Waals surface area contributed by atoms with Gasteiger partial charge in [0.1, 0.15) is 5.75 Å². The van der Waals surface area contributed by atoms with Crippen LogP contribution in [0, 0.1) is 0 Å². The van der Waals surface area contributed by atoms with E-state index in [1.54, 1.807) is 36.4 Å². The molecule has 2 N–H and O–H groups in total. The lowest BCUT2D eigenvalue weighted by molar-refractivity contribution is -0.118. The molecule has 0 aliphatic carbocycles. The van der Waals surface area contributed by atoms with Crippen LogP contribution in [0.1, 0.15) is 5.56 Å². The van der Waals surface area contributed by atoms with Crippen molar-refractivity contribution in [1.82, 2.24) is 5.32 Å². The van der Waals surface area contributed by atoms with Crippen LogP contribution in [-0.2, 0) is 9.59 Å². The summed E-state index contributed by atoms with van der Waals surface area (Å²) >= 11 is 7.57. The number of aliphatic imine (C=N–C) groups is 1. The first-order chi connectivity index (χ1) is 15.6. The van der Waals surface area contributed by atoms with Crippen molar-refractivity contribution in [3.8, 4) is 5.75 Å². The van der Waals surface area contributed by atoms with Crippen molar-refractivity contribution in [2.24, 2.45) is 4.99 Å². The van der Waals surface area contributed by atoms with Crippen molar-refractivity contribution < 1.29 is 14.3 Å². The minimum absolute atomic E-state index is 0.174. The van der Waals surface area contributed by atoms with E-state index in [1.807, 2.05) is 48.5 Å². The van der Waals surface area contributed by atoms with Gasteiger partial charge in [-0.3, -0.25) is 9.59 Å². The first-order valence-electron chi connectivity index (χ1n) is 9.69. The van der Waals surface area contributed by atoms with Gasteiger partial charge in [0.05, 0.1) is 15.6 Å². The molecule has 0 unspecified atom stereocenters. The highest BCUT2D eigenvalue weighted by atomic mass is 35.5. The fourth-order valence-electron chi connectivity index (χ4n) is 2.84. The number of benzene rings is 3. The summed E-state index contributed by atoms with van der Waals surface area (Å²) in [5.41, 5.74) is 2.18. The molecule has 1 aliphatic rings. The molecule has 1 heterocycles. The topological polar surface area (TPSA) is 79.8 Å². The Hall–Kier alpha value is -3.55. The Morgan fingerprint density at radius 3 is 2.50 bits per heavy atom. The van der Waals surface area contributed by atoms with Crippen LogP contribution in [0.25, 0.3) is 6.08 Å². The van der Waals surface area contributed by atoms with Crippen LogP contribution in [0.5, 0.6) is 5.75 Å². The summed E-state index contributed by atoms with van der Waals surface area (Å²) < 4.78 is 5.53. The number of rotatable bonds is 6. The third kappa shape index (κ3) is 5.78. The van der Waals surface area contributed by atoms with Gasteiger partial charge in [0.2, 0.25) is 0 Å². The molecular formula is C24H18ClN3O3S. The van der Waals surface area contributed by atoms with Gasteiger partial charge in [0.15, 0.2) is 11.8 Å². The van der Waals surface area contributed by atoms with E-state index in [0.29, 0.717) is 26.5 Å². The Bertz CT molecular complexity index is 1200. The number of nitrogens with zero attached hydrogens (tertiary/aromatic N) is 1. The van der Waals surface area contributed by atoms with Crippen LogP contribution < -0.4 is 15.4 Å². The van der Waals surface area contributed by atoms with Gasteiger partial charge in [0.25, 0.3) is 11.8 Å². The van der Waals surface area contributed by atoms with Crippen molar-refractivity contribution in [1.29, 1.82) is 0 Å². The number of hydrogen-bond donors (Lipinski definition) is 2. The number of carbonyl (C=O) groups is 2. The van der Waals surface area contributed by atoms with Crippen LogP contribution in [0.4, 0.5) is 11.4 Å². The molecule has 0 bridgehead atoms. The molecule has 1 aliphatic heterocycles. The number of carbonyl (C=O) groups excluding carboxylic acids is 2. The van der Waals surface area contributed by atoms with Crippen LogP contribution in [0.3, 0.4) is 0 Å². The lowest BCUT2D eigenvalue weighted by atomic mass is 10.2. The maximum absolute atomic E-state index is 12.3. The molecule has 4 rings (SSSR count). The van der Waals surface area contributed by atoms with E-state index in [4.69, 9.17) is 16.3 Å². The lowest BCUT2D eigenvalue weighted by Crippen LogP contribution is -2.20. The average molecular weight is 464 g/mol. The van der Waals surface area contributed by atoms with Crippen molar-refractivity contribution in [3.05, 3.63) is 94.4 Å². The molecule has 1 saturated heterocycles. The highest BCUT2D eigenvalue weighted by Crippen LogP contribution is 2.31. The van der Waals surface area contributed by atoms with Crippen LogP contribution in [-0.4, -0.2) is 23.6 Å². The molecule has 2 amide bonds. The maximum Gasteiger partial charge on any atom is 0.264 e. The van der Waals surface area contributed by atoms with E-state index >= 15 is 0 Å². The highest BCUT2D eigenvalue weighted by molar-refractivity contribution is 8.18. The second-order valence-corrected chi connectivity index (χ2v) is 8.15. The first kappa shape index (κ1) is 21.7. The number of anilines is 1. The number of amides is 2. The van der Waals surface area contributed by atoms with Crippen LogP contribution in [0.2, 0.25) is 5.02 Å². The summed E-state index contributed by atoms with van der Waals surface area (Å²) in [6.45, 7) is -0.174. The Balaban J connectivity index is 1.38. The van der Waals surface area contributed by atoms with Gasteiger partial charge in [-0.15, -0.1) is 0 Å². The predicted molar refractivity (Wildman–Crippen MR) is 129 cm³/mol. The number of ether oxygens (including phenoxy) is 1. The lowest BCUT2D eigenvalue weighted by Gasteiger charge is -2.09. The summed E-state index contributed by atoms with van der Waals surface area (Å²) in [6, 6.07) is 23.6. The third-order valence-corrected chi connectivity index (χ3v) is 5.51. The highest BCUT2D eigenvalue weighted by Gasteiger charge is 2.23. The zero-order valence-electron chi connectivity index (χ0n) is 16.7. The van der Waals surface area contributed by atoms with Gasteiger partial charge < -0.3 is 15.4 Å². The average Bonchev–Trinajstić information content (AvgIpc) is 3.13. The Kier molecular flexibility index (Phi) is 6.89. The SMILES string of the molecule is O=C(COc1ccc(/C=C2\SC(=Nc3ccccc3)NC2=O)cc1Cl)Nc1ccccc1. The van der Waals surface area contributed by atoms with E-state index in [1.165, 1.54) is 11.8 Å². The second-order valence-electron chi connectivity index (χ2n) is 6.71. The Labute approximate surface area is 194 Å². The van der Waals surface area contributed by atoms with E-state index in [0.717, 1.165) is 11.3 Å². The van der Waals surface area contributed by atoms with Crippen molar-refractivity contribution in [3.63, 3.8) is 0 Å². The monoisotopic (exact) mass is 463 g/mol. The van der Waals surface area contributed by atoms with Crippen molar-refractivity contribution in [2.75, 3.05) is 11.9 Å². The molecule has 0 radical (unpaired) electrons. The van der Waals surface area contributed by atoms with Gasteiger partial charge in [-0.25, -0.2) is 4.99 Å². The second kappa shape index (κ2) is 10.2. The van der Waals surface area contributed by atoms with Crippen LogP contribution >= 0.6 is 23.4 Å². The smallest absolute Gasteiger partial charge is 0.264 e. The minimum atomic E-state index is -0.289. The summed E-state index contributed by atoms with van der Waals surface area (Å²) in [7, 11) is 0. The fourth-order valence-corrected chi connectivity index (χ4v) is 3.92. The molecule has 32 heavy (non-hydrogen) atoms. The summed E-state index contributed by atoms with van der Waals surface area (Å²) in [5, 5.41) is 6.36. The Morgan fingerprint density at radius 2 is 1.78 bits per heavy atom. The maximum atomic E-state index is 12.3. The molecule has 1 fully saturated rings. The first-order valence-corrected chi connectivity index (χ1v) is 10.9. The predicted octanol–water partition coefficient (Wildman–Crippen LogP) is 5.25. The molecule has 8 heteroatoms. The number of halogens is 1. The number of nitrogens with one attached hydrogen (secondary N) is 2. The molecule has 3 aromatic carbocycles. The minimum Gasteiger partial charge on any atom is -0.482 e. The molecule has 6 nitrogen and oxygen atoms in total. The number of hydrogen-bond acceptors (Lipinski definition) is 5. The van der Waals surface area contributed by atoms with E-state index in [-0.39, 0.29) is 18.4 Å². The van der Waals surface area contributed by atoms with E-state index < -0.39 is 0 Å². The summed E-state index contributed by atoms with van der Waals surface area (Å²) in [4.78, 5) is 29.3.